The molecule has 3 aliphatic rings. The maximum Gasteiger partial charge on any atom is 0.218 e. The van der Waals surface area contributed by atoms with E-state index in [1.54, 1.807) is 29.0 Å². The van der Waals surface area contributed by atoms with Gasteiger partial charge in [-0.3, -0.25) is 15.0 Å². The Morgan fingerprint density at radius 2 is 1.90 bits per heavy atom. The molecule has 200 valence electrons. The largest absolute Gasteiger partial charge is 0.301 e. The summed E-state index contributed by atoms with van der Waals surface area (Å²) in [7, 11) is -3.56. The van der Waals surface area contributed by atoms with Crippen molar-refractivity contribution in [3.05, 3.63) is 125 Å². The SMILES string of the molecule is C[C@H]1C2=CNN(c3ccccc3)C2=CC2=C1[C@@H](CN(CCc1ccccn1)S(=O)(=O)Cc1cccnc1)CC2. The highest BCUT2D eigenvalue weighted by Crippen LogP contribution is 2.48. The van der Waals surface area contributed by atoms with E-state index >= 15 is 0 Å². The van der Waals surface area contributed by atoms with E-state index < -0.39 is 10.0 Å². The van der Waals surface area contributed by atoms with Gasteiger partial charge < -0.3 is 5.43 Å². The fourth-order valence-corrected chi connectivity index (χ4v) is 7.60. The minimum Gasteiger partial charge on any atom is -0.301 e. The molecule has 7 nitrogen and oxygen atoms in total. The highest BCUT2D eigenvalue weighted by molar-refractivity contribution is 7.88. The minimum absolute atomic E-state index is 0.0532. The number of nitrogens with zero attached hydrogens (tertiary/aromatic N) is 4. The summed E-state index contributed by atoms with van der Waals surface area (Å²) in [4.78, 5) is 8.55. The monoisotopic (exact) mass is 539 g/mol. The minimum atomic E-state index is -3.56. The van der Waals surface area contributed by atoms with Crippen molar-refractivity contribution < 1.29 is 8.42 Å². The first-order valence-corrected chi connectivity index (χ1v) is 15.1. The predicted molar refractivity (Wildman–Crippen MR) is 154 cm³/mol. The number of hydrogen-bond donors (Lipinski definition) is 1. The van der Waals surface area contributed by atoms with Gasteiger partial charge in [0.2, 0.25) is 10.0 Å². The number of pyridine rings is 2. The summed E-state index contributed by atoms with van der Waals surface area (Å²) in [6, 6.07) is 19.7. The molecular weight excluding hydrogens is 506 g/mol. The van der Waals surface area contributed by atoms with E-state index in [0.29, 0.717) is 25.1 Å². The Labute approximate surface area is 230 Å². The van der Waals surface area contributed by atoms with Crippen molar-refractivity contribution in [2.75, 3.05) is 18.1 Å². The summed E-state index contributed by atoms with van der Waals surface area (Å²) in [5.74, 6) is 0.335. The fraction of sp³-hybridized carbons (Fsp3) is 0.290. The molecule has 1 N–H and O–H groups in total. The fourth-order valence-electron chi connectivity index (χ4n) is 6.05. The van der Waals surface area contributed by atoms with Crippen LogP contribution in [0.5, 0.6) is 0 Å². The summed E-state index contributed by atoms with van der Waals surface area (Å²) in [5.41, 5.74) is 11.3. The van der Waals surface area contributed by atoms with E-state index in [1.165, 1.54) is 22.4 Å². The highest BCUT2D eigenvalue weighted by Gasteiger charge is 2.39. The van der Waals surface area contributed by atoms with Gasteiger partial charge in [-0.15, -0.1) is 0 Å². The van der Waals surface area contributed by atoms with Gasteiger partial charge in [0.25, 0.3) is 0 Å². The maximum atomic E-state index is 13.8. The molecule has 0 saturated carbocycles. The van der Waals surface area contributed by atoms with Crippen molar-refractivity contribution in [1.29, 1.82) is 0 Å². The average Bonchev–Trinajstić information content (AvgIpc) is 3.57. The lowest BCUT2D eigenvalue weighted by Crippen LogP contribution is -2.38. The number of sulfonamides is 1. The third kappa shape index (κ3) is 5.27. The zero-order chi connectivity index (χ0) is 26.8. The van der Waals surface area contributed by atoms with Crippen LogP contribution in [-0.2, 0) is 22.2 Å². The van der Waals surface area contributed by atoms with Gasteiger partial charge in [0.1, 0.15) is 0 Å². The summed E-state index contributed by atoms with van der Waals surface area (Å²) < 4.78 is 29.2. The molecule has 8 heteroatoms. The normalized spacial score (nSPS) is 20.4. The van der Waals surface area contributed by atoms with Gasteiger partial charge >= 0.3 is 0 Å². The molecule has 0 fully saturated rings. The Morgan fingerprint density at radius 1 is 1.05 bits per heavy atom. The van der Waals surface area contributed by atoms with Gasteiger partial charge in [-0.1, -0.05) is 42.8 Å². The zero-order valence-corrected chi connectivity index (χ0v) is 22.9. The van der Waals surface area contributed by atoms with Crippen molar-refractivity contribution in [1.82, 2.24) is 19.7 Å². The Morgan fingerprint density at radius 3 is 2.67 bits per heavy atom. The first-order valence-electron chi connectivity index (χ1n) is 13.5. The molecule has 0 amide bonds. The molecule has 0 unspecified atom stereocenters. The van der Waals surface area contributed by atoms with Crippen LogP contribution in [0.3, 0.4) is 0 Å². The quantitative estimate of drug-likeness (QED) is 0.412. The van der Waals surface area contributed by atoms with Crippen LogP contribution in [-0.4, -0.2) is 35.8 Å². The van der Waals surface area contributed by atoms with Crippen LogP contribution < -0.4 is 10.4 Å². The summed E-state index contributed by atoms with van der Waals surface area (Å²) in [5, 5.41) is 2.14. The molecule has 6 rings (SSSR count). The Hall–Kier alpha value is -3.75. The second-order valence-electron chi connectivity index (χ2n) is 10.4. The summed E-state index contributed by atoms with van der Waals surface area (Å²) >= 11 is 0. The molecule has 0 bridgehead atoms. The lowest BCUT2D eigenvalue weighted by molar-refractivity contribution is 0.356. The van der Waals surface area contributed by atoms with Crippen molar-refractivity contribution in [3.8, 4) is 0 Å². The van der Waals surface area contributed by atoms with E-state index in [4.69, 9.17) is 0 Å². The molecule has 3 aromatic rings. The number of allylic oxidation sites excluding steroid dienone is 3. The topological polar surface area (TPSA) is 78.4 Å². The van der Waals surface area contributed by atoms with Crippen LogP contribution in [0.25, 0.3) is 0 Å². The number of para-hydroxylation sites is 1. The molecular formula is C31H33N5O2S. The number of hydrazine groups is 1. The van der Waals surface area contributed by atoms with E-state index in [9.17, 15) is 8.42 Å². The molecule has 1 aromatic carbocycles. The second kappa shape index (κ2) is 10.8. The standard InChI is InChI=1S/C31H33N5O2S/c1-23-29-20-34-36(28-10-3-2-4-11-28)30(29)18-25-12-13-26(31(23)25)21-35(17-14-27-9-5-6-16-33-27)39(37,38)22-24-8-7-15-32-19-24/h2-11,15-16,18-20,23,26,34H,12-14,17,21-22H2,1H3/t23-,26+/m0/s1. The highest BCUT2D eigenvalue weighted by atomic mass is 32.2. The van der Waals surface area contributed by atoms with E-state index in [0.717, 1.165) is 24.2 Å². The third-order valence-electron chi connectivity index (χ3n) is 7.95. The van der Waals surface area contributed by atoms with Crippen molar-refractivity contribution in [2.45, 2.75) is 31.9 Å². The predicted octanol–water partition coefficient (Wildman–Crippen LogP) is 5.00. The van der Waals surface area contributed by atoms with Crippen LogP contribution in [0, 0.1) is 11.8 Å². The molecule has 39 heavy (non-hydrogen) atoms. The Kier molecular flexibility index (Phi) is 7.06. The number of rotatable bonds is 9. The number of nitrogens with one attached hydrogen (secondary N) is 1. The molecule has 3 heterocycles. The van der Waals surface area contributed by atoms with Gasteiger partial charge in [0, 0.05) is 61.5 Å². The number of fused-ring (bicyclic) bond motifs is 1. The van der Waals surface area contributed by atoms with Crippen molar-refractivity contribution >= 4 is 15.7 Å². The average molecular weight is 540 g/mol. The molecule has 2 atom stereocenters. The van der Waals surface area contributed by atoms with Gasteiger partial charge in [0.15, 0.2) is 0 Å². The van der Waals surface area contributed by atoms with Gasteiger partial charge in [-0.2, -0.15) is 0 Å². The Balaban J connectivity index is 1.27. The smallest absolute Gasteiger partial charge is 0.218 e. The molecule has 2 aromatic heterocycles. The van der Waals surface area contributed by atoms with E-state index in [2.05, 4.69) is 51.7 Å². The van der Waals surface area contributed by atoms with Gasteiger partial charge in [0.05, 0.1) is 17.1 Å². The third-order valence-corrected chi connectivity index (χ3v) is 9.77. The lowest BCUT2D eigenvalue weighted by Gasteiger charge is -2.32. The first-order chi connectivity index (χ1) is 19.0. The van der Waals surface area contributed by atoms with Crippen LogP contribution in [0.15, 0.2) is 114 Å². The molecule has 2 aliphatic carbocycles. The van der Waals surface area contributed by atoms with Crippen LogP contribution >= 0.6 is 0 Å². The van der Waals surface area contributed by atoms with Crippen LogP contribution in [0.1, 0.15) is 31.0 Å². The molecule has 0 radical (unpaired) electrons. The molecule has 0 saturated heterocycles. The lowest BCUT2D eigenvalue weighted by atomic mass is 9.80. The number of aromatic nitrogens is 2. The van der Waals surface area contributed by atoms with Crippen molar-refractivity contribution in [3.63, 3.8) is 0 Å². The first kappa shape index (κ1) is 25.5. The van der Waals surface area contributed by atoms with Crippen LogP contribution in [0.2, 0.25) is 0 Å². The maximum absolute atomic E-state index is 13.8. The Bertz CT molecular complexity index is 1520. The van der Waals surface area contributed by atoms with Crippen molar-refractivity contribution in [2.24, 2.45) is 11.8 Å². The molecule has 0 spiro atoms. The number of hydrogen-bond acceptors (Lipinski definition) is 6. The number of anilines is 1. The number of benzene rings is 1. The zero-order valence-electron chi connectivity index (χ0n) is 22.1. The van der Waals surface area contributed by atoms with Crippen LogP contribution in [0.4, 0.5) is 5.69 Å². The second-order valence-corrected chi connectivity index (χ2v) is 12.4. The van der Waals surface area contributed by atoms with Gasteiger partial charge in [-0.05, 0) is 66.3 Å². The summed E-state index contributed by atoms with van der Waals surface area (Å²) in [6.45, 7) is 3.14. The summed E-state index contributed by atoms with van der Waals surface area (Å²) in [6.07, 6.45) is 11.9. The molecule has 1 aliphatic heterocycles. The van der Waals surface area contributed by atoms with Gasteiger partial charge in [-0.25, -0.2) is 12.7 Å². The van der Waals surface area contributed by atoms with E-state index in [1.807, 2.05) is 42.5 Å². The van der Waals surface area contributed by atoms with E-state index in [-0.39, 0.29) is 17.6 Å².